The zero-order valence-corrected chi connectivity index (χ0v) is 11.9. The Morgan fingerprint density at radius 1 is 1.23 bits per heavy atom. The second kappa shape index (κ2) is 5.69. The van der Waals surface area contributed by atoms with Crippen LogP contribution in [0.1, 0.15) is 5.56 Å². The van der Waals surface area contributed by atoms with Gasteiger partial charge in [0.15, 0.2) is 5.65 Å². The molecule has 3 rings (SSSR count). The number of hydrogen-bond donors (Lipinski definition) is 0. The summed E-state index contributed by atoms with van der Waals surface area (Å²) in [5.41, 5.74) is 0.650. The Bertz CT molecular complexity index is 871. The van der Waals surface area contributed by atoms with E-state index in [4.69, 9.17) is 0 Å². The Balaban J connectivity index is 1.79. The van der Waals surface area contributed by atoms with Crippen molar-refractivity contribution >= 4 is 5.65 Å². The summed E-state index contributed by atoms with van der Waals surface area (Å²) >= 11 is 0. The minimum atomic E-state index is -0.611. The van der Waals surface area contributed by atoms with Crippen LogP contribution in [-0.4, -0.2) is 26.1 Å². The van der Waals surface area contributed by atoms with Crippen molar-refractivity contribution in [3.05, 3.63) is 70.3 Å². The molecule has 0 aliphatic rings. The van der Waals surface area contributed by atoms with Crippen molar-refractivity contribution in [2.24, 2.45) is 0 Å². The molecule has 0 unspecified atom stereocenters. The predicted molar refractivity (Wildman–Crippen MR) is 77.3 cm³/mol. The molecule has 3 aromatic rings. The molecule has 22 heavy (non-hydrogen) atoms. The molecule has 0 aliphatic heterocycles. The molecule has 2 aromatic heterocycles. The molecule has 0 saturated carbocycles. The Morgan fingerprint density at radius 3 is 2.77 bits per heavy atom. The van der Waals surface area contributed by atoms with Crippen molar-refractivity contribution in [1.29, 1.82) is 0 Å². The van der Waals surface area contributed by atoms with Gasteiger partial charge in [0, 0.05) is 24.4 Å². The smallest absolute Gasteiger partial charge is 0.283 e. The van der Waals surface area contributed by atoms with Crippen molar-refractivity contribution in [3.63, 3.8) is 0 Å². The quantitative estimate of drug-likeness (QED) is 0.739. The molecule has 7 heteroatoms. The van der Waals surface area contributed by atoms with E-state index in [1.54, 1.807) is 36.3 Å². The number of halogens is 2. The van der Waals surface area contributed by atoms with Crippen molar-refractivity contribution < 1.29 is 8.78 Å². The molecule has 0 amide bonds. The van der Waals surface area contributed by atoms with Gasteiger partial charge in [-0.1, -0.05) is 12.1 Å². The first-order chi connectivity index (χ1) is 10.5. The van der Waals surface area contributed by atoms with Crippen molar-refractivity contribution in [1.82, 2.24) is 19.1 Å². The molecule has 0 fully saturated rings. The largest absolute Gasteiger partial charge is 0.351 e. The Hall–Kier alpha value is -2.54. The van der Waals surface area contributed by atoms with Crippen LogP contribution < -0.4 is 5.69 Å². The van der Waals surface area contributed by atoms with E-state index in [2.05, 4.69) is 5.10 Å². The average Bonchev–Trinajstić information content (AvgIpc) is 2.79. The number of pyridine rings is 1. The van der Waals surface area contributed by atoms with Crippen molar-refractivity contribution in [3.8, 4) is 0 Å². The second-order valence-corrected chi connectivity index (χ2v) is 5.10. The summed E-state index contributed by atoms with van der Waals surface area (Å²) in [6.45, 7) is 0.448. The number of benzene rings is 1. The van der Waals surface area contributed by atoms with E-state index in [9.17, 15) is 13.6 Å². The molecular weight excluding hydrogens is 290 g/mol. The van der Waals surface area contributed by atoms with E-state index in [0.29, 0.717) is 11.2 Å². The summed E-state index contributed by atoms with van der Waals surface area (Å²) in [5.74, 6) is -1.21. The van der Waals surface area contributed by atoms with Gasteiger partial charge in [-0.05, 0) is 25.2 Å². The van der Waals surface area contributed by atoms with Crippen LogP contribution in [0.2, 0.25) is 0 Å². The van der Waals surface area contributed by atoms with Crippen molar-refractivity contribution in [2.75, 3.05) is 7.05 Å². The van der Waals surface area contributed by atoms with Gasteiger partial charge in [0.1, 0.15) is 11.6 Å². The summed E-state index contributed by atoms with van der Waals surface area (Å²) in [4.78, 5) is 13.9. The second-order valence-electron chi connectivity index (χ2n) is 5.10. The van der Waals surface area contributed by atoms with Gasteiger partial charge in [-0.15, -0.1) is 5.10 Å². The highest BCUT2D eigenvalue weighted by atomic mass is 19.1. The van der Waals surface area contributed by atoms with Crippen LogP contribution in [0.5, 0.6) is 0 Å². The third kappa shape index (κ3) is 2.75. The van der Waals surface area contributed by atoms with Gasteiger partial charge in [0.05, 0.1) is 6.67 Å². The normalized spacial score (nSPS) is 11.5. The highest BCUT2D eigenvalue weighted by Gasteiger charge is 2.11. The van der Waals surface area contributed by atoms with Gasteiger partial charge >= 0.3 is 5.69 Å². The van der Waals surface area contributed by atoms with Crippen LogP contribution >= 0.6 is 0 Å². The molecule has 1 aromatic carbocycles. The molecule has 114 valence electrons. The van der Waals surface area contributed by atoms with E-state index < -0.39 is 11.6 Å². The molecule has 0 radical (unpaired) electrons. The zero-order chi connectivity index (χ0) is 15.7. The van der Waals surface area contributed by atoms with Crippen LogP contribution in [0.4, 0.5) is 8.78 Å². The lowest BCUT2D eigenvalue weighted by atomic mass is 10.2. The minimum Gasteiger partial charge on any atom is -0.283 e. The summed E-state index contributed by atoms with van der Waals surface area (Å²) < 4.78 is 29.3. The maximum atomic E-state index is 13.6. The highest BCUT2D eigenvalue weighted by Crippen LogP contribution is 2.11. The molecule has 0 bridgehead atoms. The van der Waals surface area contributed by atoms with Crippen LogP contribution in [-0.2, 0) is 13.2 Å². The lowest BCUT2D eigenvalue weighted by molar-refractivity contribution is 0.239. The van der Waals surface area contributed by atoms with Crippen LogP contribution in [0, 0.1) is 11.6 Å². The number of hydrogen-bond acceptors (Lipinski definition) is 3. The average molecular weight is 304 g/mol. The summed E-state index contributed by atoms with van der Waals surface area (Å²) in [5, 5.41) is 4.20. The third-order valence-corrected chi connectivity index (χ3v) is 3.32. The topological polar surface area (TPSA) is 42.5 Å². The van der Waals surface area contributed by atoms with E-state index in [0.717, 1.165) is 6.07 Å². The highest BCUT2D eigenvalue weighted by molar-refractivity contribution is 5.35. The number of nitrogens with zero attached hydrogens (tertiary/aromatic N) is 4. The van der Waals surface area contributed by atoms with E-state index in [1.165, 1.54) is 21.2 Å². The van der Waals surface area contributed by atoms with E-state index in [-0.39, 0.29) is 18.9 Å². The number of rotatable bonds is 4. The maximum Gasteiger partial charge on any atom is 0.351 e. The van der Waals surface area contributed by atoms with Gasteiger partial charge < -0.3 is 0 Å². The Labute approximate surface area is 125 Å². The molecule has 0 spiro atoms. The standard InChI is InChI=1S/C15H14F2N4O/c1-19(9-11-5-6-12(16)8-13(11)17)10-21-15(22)20-7-3-2-4-14(20)18-21/h2-8H,9-10H2,1H3. The van der Waals surface area contributed by atoms with E-state index in [1.807, 2.05) is 0 Å². The Morgan fingerprint density at radius 2 is 2.05 bits per heavy atom. The van der Waals surface area contributed by atoms with E-state index >= 15 is 0 Å². The fourth-order valence-corrected chi connectivity index (χ4v) is 2.28. The minimum absolute atomic E-state index is 0.206. The Kier molecular flexibility index (Phi) is 3.72. The number of fused-ring (bicyclic) bond motifs is 1. The fourth-order valence-electron chi connectivity index (χ4n) is 2.28. The van der Waals surface area contributed by atoms with Crippen LogP contribution in [0.15, 0.2) is 47.4 Å². The van der Waals surface area contributed by atoms with Gasteiger partial charge in [0.25, 0.3) is 0 Å². The van der Waals surface area contributed by atoms with Gasteiger partial charge in [-0.25, -0.2) is 13.6 Å². The SMILES string of the molecule is CN(Cc1ccc(F)cc1F)Cn1nc2ccccn2c1=O. The first kappa shape index (κ1) is 14.4. The molecule has 0 aliphatic carbocycles. The van der Waals surface area contributed by atoms with Crippen LogP contribution in [0.25, 0.3) is 5.65 Å². The molecular formula is C15H14F2N4O. The first-order valence-electron chi connectivity index (χ1n) is 6.71. The molecule has 0 atom stereocenters. The molecule has 0 saturated heterocycles. The van der Waals surface area contributed by atoms with Gasteiger partial charge in [-0.2, -0.15) is 4.68 Å². The van der Waals surface area contributed by atoms with Crippen molar-refractivity contribution in [2.45, 2.75) is 13.2 Å². The lowest BCUT2D eigenvalue weighted by Gasteiger charge is -2.16. The third-order valence-electron chi connectivity index (χ3n) is 3.32. The fraction of sp³-hybridized carbons (Fsp3) is 0.200. The monoisotopic (exact) mass is 304 g/mol. The summed E-state index contributed by atoms with van der Waals surface area (Å²) in [6, 6.07) is 8.73. The zero-order valence-electron chi connectivity index (χ0n) is 11.9. The first-order valence-corrected chi connectivity index (χ1v) is 6.71. The van der Waals surface area contributed by atoms with Gasteiger partial charge in [0.2, 0.25) is 0 Å². The summed E-state index contributed by atoms with van der Waals surface area (Å²) in [6.07, 6.45) is 1.64. The van der Waals surface area contributed by atoms with Gasteiger partial charge in [-0.3, -0.25) is 9.30 Å². The molecule has 0 N–H and O–H groups in total. The lowest BCUT2D eigenvalue weighted by Crippen LogP contribution is -2.30. The van der Waals surface area contributed by atoms with Crippen LogP contribution in [0.3, 0.4) is 0 Å². The molecule has 5 nitrogen and oxygen atoms in total. The molecule has 2 heterocycles. The number of aromatic nitrogens is 3. The maximum absolute atomic E-state index is 13.6. The predicted octanol–water partition coefficient (Wildman–Crippen LogP) is 1.86. The summed E-state index contributed by atoms with van der Waals surface area (Å²) in [7, 11) is 1.74.